The molecule has 4 rings (SSSR count). The van der Waals surface area contributed by atoms with Crippen LogP contribution in [0.15, 0.2) is 82.1 Å². The van der Waals surface area contributed by atoms with Gasteiger partial charge in [-0.1, -0.05) is 36.0 Å². The van der Waals surface area contributed by atoms with E-state index in [4.69, 9.17) is 9.98 Å². The molecule has 30 heavy (non-hydrogen) atoms. The molecule has 0 bridgehead atoms. The minimum absolute atomic E-state index is 0.136. The number of carbonyl (C=O) groups is 1. The molecule has 0 aliphatic carbocycles. The summed E-state index contributed by atoms with van der Waals surface area (Å²) in [5, 5.41) is 3.45. The zero-order chi connectivity index (χ0) is 20.9. The third-order valence-electron chi connectivity index (χ3n) is 4.46. The molecule has 8 heteroatoms. The fourth-order valence-electron chi connectivity index (χ4n) is 3.12. The van der Waals surface area contributed by atoms with E-state index in [1.807, 2.05) is 31.2 Å². The number of hydrogen-bond donors (Lipinski definition) is 1. The summed E-state index contributed by atoms with van der Waals surface area (Å²) in [6.07, 6.45) is 3.26. The molecule has 1 aliphatic heterocycles. The predicted octanol–water partition coefficient (Wildman–Crippen LogP) is 4.44. The van der Waals surface area contributed by atoms with Gasteiger partial charge >= 0.3 is 0 Å². The summed E-state index contributed by atoms with van der Waals surface area (Å²) in [5.74, 6) is -0.373. The van der Waals surface area contributed by atoms with Crippen molar-refractivity contribution in [2.24, 2.45) is 9.98 Å². The van der Waals surface area contributed by atoms with Gasteiger partial charge in [0.1, 0.15) is 11.7 Å². The van der Waals surface area contributed by atoms with E-state index in [1.54, 1.807) is 30.6 Å². The molecule has 3 aromatic rings. The summed E-state index contributed by atoms with van der Waals surface area (Å²) in [6, 6.07) is 15.3. The Kier molecular flexibility index (Phi) is 5.94. The maximum atomic E-state index is 13.5. The van der Waals surface area contributed by atoms with Gasteiger partial charge in [0.2, 0.25) is 5.91 Å². The van der Waals surface area contributed by atoms with E-state index in [9.17, 15) is 9.18 Å². The molecule has 150 valence electrons. The number of nitrogens with zero attached hydrogens (tertiary/aromatic N) is 4. The van der Waals surface area contributed by atoms with E-state index in [1.165, 1.54) is 23.9 Å². The number of amidine groups is 1. The average molecular weight is 419 g/mol. The molecule has 0 radical (unpaired) electrons. The van der Waals surface area contributed by atoms with Crippen LogP contribution in [-0.4, -0.2) is 33.2 Å². The molecule has 2 heterocycles. The molecule has 0 spiro atoms. The molecule has 1 atom stereocenters. The monoisotopic (exact) mass is 419 g/mol. The van der Waals surface area contributed by atoms with Crippen molar-refractivity contribution >= 4 is 40.6 Å². The van der Waals surface area contributed by atoms with Crippen LogP contribution in [0.2, 0.25) is 0 Å². The second-order valence-corrected chi connectivity index (χ2v) is 7.53. The van der Waals surface area contributed by atoms with Gasteiger partial charge in [0.15, 0.2) is 5.16 Å². The number of halogens is 1. The summed E-state index contributed by atoms with van der Waals surface area (Å²) in [4.78, 5) is 30.3. The summed E-state index contributed by atoms with van der Waals surface area (Å²) in [6.45, 7) is 1.88. The Morgan fingerprint density at radius 2 is 1.67 bits per heavy atom. The normalized spacial score (nSPS) is 15.5. The number of para-hydroxylation sites is 2. The van der Waals surface area contributed by atoms with Crippen molar-refractivity contribution < 1.29 is 9.18 Å². The van der Waals surface area contributed by atoms with Crippen molar-refractivity contribution in [3.63, 3.8) is 0 Å². The van der Waals surface area contributed by atoms with Gasteiger partial charge in [-0.3, -0.25) is 9.79 Å². The minimum atomic E-state index is -0.403. The van der Waals surface area contributed by atoms with Crippen molar-refractivity contribution in [2.45, 2.75) is 18.0 Å². The van der Waals surface area contributed by atoms with Crippen molar-refractivity contribution in [1.29, 1.82) is 0 Å². The minimum Gasteiger partial charge on any atom is -0.313 e. The van der Waals surface area contributed by atoms with Crippen LogP contribution in [0.1, 0.15) is 18.4 Å². The van der Waals surface area contributed by atoms with Crippen LogP contribution in [0.4, 0.5) is 15.8 Å². The lowest BCUT2D eigenvalue weighted by atomic mass is 9.93. The smallest absolute Gasteiger partial charge is 0.235 e. The molecule has 1 aromatic heterocycles. The summed E-state index contributed by atoms with van der Waals surface area (Å²) < 4.78 is 13.5. The average Bonchev–Trinajstić information content (AvgIpc) is 2.89. The molecular formula is C22H18FN5OS. The van der Waals surface area contributed by atoms with E-state index in [0.29, 0.717) is 16.7 Å². The highest BCUT2D eigenvalue weighted by Crippen LogP contribution is 2.34. The summed E-state index contributed by atoms with van der Waals surface area (Å²) >= 11 is 1.24. The van der Waals surface area contributed by atoms with Gasteiger partial charge in [-0.2, -0.15) is 0 Å². The Hall–Kier alpha value is -3.39. The topological polar surface area (TPSA) is 79.6 Å². The van der Waals surface area contributed by atoms with E-state index in [0.717, 1.165) is 17.0 Å². The fourth-order valence-corrected chi connectivity index (χ4v) is 3.73. The second kappa shape index (κ2) is 8.96. The summed E-state index contributed by atoms with van der Waals surface area (Å²) in [7, 11) is 0. The number of fused-ring (bicyclic) bond motifs is 1. The number of benzene rings is 2. The molecule has 6 nitrogen and oxygen atoms in total. The van der Waals surface area contributed by atoms with Crippen LogP contribution in [0, 0.1) is 5.82 Å². The van der Waals surface area contributed by atoms with E-state index in [2.05, 4.69) is 15.3 Å². The quantitative estimate of drug-likeness (QED) is 0.501. The highest BCUT2D eigenvalue weighted by Gasteiger charge is 2.26. The second-order valence-electron chi connectivity index (χ2n) is 6.59. The van der Waals surface area contributed by atoms with Crippen LogP contribution in [0.25, 0.3) is 0 Å². The fraction of sp³-hybridized carbons (Fsp3) is 0.136. The Balaban J connectivity index is 1.64. The van der Waals surface area contributed by atoms with Crippen molar-refractivity contribution in [3.05, 3.63) is 78.4 Å². The summed E-state index contributed by atoms with van der Waals surface area (Å²) in [5.41, 5.74) is 2.93. The van der Waals surface area contributed by atoms with Crippen LogP contribution in [0.5, 0.6) is 0 Å². The lowest BCUT2D eigenvalue weighted by Crippen LogP contribution is -2.38. The van der Waals surface area contributed by atoms with E-state index >= 15 is 0 Å². The maximum absolute atomic E-state index is 13.5. The van der Waals surface area contributed by atoms with E-state index < -0.39 is 5.92 Å². The zero-order valence-corrected chi connectivity index (χ0v) is 16.9. The van der Waals surface area contributed by atoms with Gasteiger partial charge in [-0.25, -0.2) is 19.4 Å². The predicted molar refractivity (Wildman–Crippen MR) is 116 cm³/mol. The van der Waals surface area contributed by atoms with Gasteiger partial charge < -0.3 is 5.32 Å². The first-order valence-corrected chi connectivity index (χ1v) is 10.3. The molecule has 0 saturated carbocycles. The van der Waals surface area contributed by atoms with Gasteiger partial charge in [0.25, 0.3) is 0 Å². The van der Waals surface area contributed by atoms with Gasteiger partial charge in [0.05, 0.1) is 23.0 Å². The van der Waals surface area contributed by atoms with Crippen molar-refractivity contribution in [3.8, 4) is 0 Å². The molecule has 0 fully saturated rings. The lowest BCUT2D eigenvalue weighted by Gasteiger charge is -2.19. The molecule has 0 saturated heterocycles. The first-order chi connectivity index (χ1) is 14.6. The van der Waals surface area contributed by atoms with E-state index in [-0.39, 0.29) is 17.5 Å². The SMILES string of the molecule is CC1=Nc2ccccc2N=C(NC(=O)CSc2ncccn2)C1c1ccc(F)cc1. The molecule has 1 N–H and O–H groups in total. The van der Waals surface area contributed by atoms with Gasteiger partial charge in [-0.05, 0) is 42.8 Å². The Morgan fingerprint density at radius 1 is 1.00 bits per heavy atom. The van der Waals surface area contributed by atoms with Crippen LogP contribution in [-0.2, 0) is 4.79 Å². The Labute approximate surface area is 177 Å². The van der Waals surface area contributed by atoms with Crippen LogP contribution in [0.3, 0.4) is 0 Å². The molecule has 1 unspecified atom stereocenters. The first kappa shape index (κ1) is 19.9. The molecule has 1 aliphatic rings. The highest BCUT2D eigenvalue weighted by atomic mass is 32.2. The molecule has 1 amide bonds. The number of thioether (sulfide) groups is 1. The third-order valence-corrected chi connectivity index (χ3v) is 5.33. The number of aromatic nitrogens is 2. The number of carbonyl (C=O) groups excluding carboxylic acids is 1. The lowest BCUT2D eigenvalue weighted by molar-refractivity contribution is -0.117. The number of aliphatic imine (C=N–C) groups is 2. The number of amides is 1. The Bertz CT molecular complexity index is 1120. The third kappa shape index (κ3) is 4.60. The van der Waals surface area contributed by atoms with Crippen molar-refractivity contribution in [2.75, 3.05) is 5.75 Å². The number of rotatable bonds is 4. The highest BCUT2D eigenvalue weighted by molar-refractivity contribution is 7.99. The molecular weight excluding hydrogens is 401 g/mol. The van der Waals surface area contributed by atoms with Crippen LogP contribution < -0.4 is 5.32 Å². The first-order valence-electron chi connectivity index (χ1n) is 9.28. The zero-order valence-electron chi connectivity index (χ0n) is 16.1. The standard InChI is InChI=1S/C22H18FN5OS/c1-14-20(15-7-9-16(23)10-8-15)21(27-18-6-3-2-5-17(18)26-14)28-19(29)13-30-22-24-11-4-12-25-22/h2-12,20H,13H2,1H3,(H,27,28,29). The Morgan fingerprint density at radius 3 is 2.37 bits per heavy atom. The van der Waals surface area contributed by atoms with Crippen molar-refractivity contribution in [1.82, 2.24) is 15.3 Å². The van der Waals surface area contributed by atoms with Gasteiger partial charge in [-0.15, -0.1) is 0 Å². The number of hydrogen-bond acceptors (Lipinski definition) is 6. The maximum Gasteiger partial charge on any atom is 0.235 e. The number of nitrogens with one attached hydrogen (secondary N) is 1. The van der Waals surface area contributed by atoms with Crippen LogP contribution >= 0.6 is 11.8 Å². The largest absolute Gasteiger partial charge is 0.313 e. The molecule has 2 aromatic carbocycles. The van der Waals surface area contributed by atoms with Gasteiger partial charge in [0, 0.05) is 18.1 Å².